The number of dihydropyridines is 1. The molecule has 138 valence electrons. The number of halogens is 1. The average Bonchev–Trinajstić information content (AvgIpc) is 3.07. The summed E-state index contributed by atoms with van der Waals surface area (Å²) in [6, 6.07) is 2.21. The molecule has 1 aliphatic heterocycles. The van der Waals surface area contributed by atoms with Gasteiger partial charge in [0.25, 0.3) is 5.91 Å². The van der Waals surface area contributed by atoms with Crippen molar-refractivity contribution in [2.75, 3.05) is 0 Å². The highest BCUT2D eigenvalue weighted by Gasteiger charge is 2.48. The fraction of sp³-hybridized carbons (Fsp3) is 0.571. The number of carbonyl (C=O) groups excluding carboxylic acids is 1. The van der Waals surface area contributed by atoms with Crippen LogP contribution < -0.4 is 10.6 Å². The van der Waals surface area contributed by atoms with Crippen LogP contribution in [0.15, 0.2) is 30.1 Å². The van der Waals surface area contributed by atoms with Crippen LogP contribution in [0.25, 0.3) is 5.57 Å². The largest absolute Gasteiger partial charge is 0.357 e. The first kappa shape index (κ1) is 16.2. The summed E-state index contributed by atoms with van der Waals surface area (Å²) in [6.07, 6.45) is 10.5. The number of H-pyrrole nitrogens is 1. The minimum absolute atomic E-state index is 0.0110. The van der Waals surface area contributed by atoms with Gasteiger partial charge in [-0.1, -0.05) is 6.08 Å². The van der Waals surface area contributed by atoms with Gasteiger partial charge in [0.1, 0.15) is 5.69 Å². The van der Waals surface area contributed by atoms with Crippen LogP contribution in [0.3, 0.4) is 0 Å². The summed E-state index contributed by atoms with van der Waals surface area (Å²) in [5, 5.41) is 6.11. The molecule has 4 nitrogen and oxygen atoms in total. The molecule has 1 unspecified atom stereocenters. The molecule has 3 N–H and O–H groups in total. The molecular weight excluding hydrogens is 329 g/mol. The number of alkyl halides is 1. The van der Waals surface area contributed by atoms with E-state index < -0.39 is 6.30 Å². The molecule has 4 fully saturated rings. The first-order valence-corrected chi connectivity index (χ1v) is 9.86. The Morgan fingerprint density at radius 2 is 1.85 bits per heavy atom. The third-order valence-corrected chi connectivity index (χ3v) is 6.95. The number of aromatic amines is 1. The van der Waals surface area contributed by atoms with Crippen molar-refractivity contribution < 1.29 is 9.18 Å². The van der Waals surface area contributed by atoms with Crippen LogP contribution in [-0.4, -0.2) is 23.2 Å². The van der Waals surface area contributed by atoms with Crippen molar-refractivity contribution in [3.05, 3.63) is 41.4 Å². The lowest BCUT2D eigenvalue weighted by molar-refractivity contribution is -0.0120. The summed E-state index contributed by atoms with van der Waals surface area (Å²) in [6.45, 7) is 1.85. The standard InChI is InChI=1S/C21H26FN3O/c1-11-17(2-3-19(22)24-11)16-9-18(23-10-16)21(26)25-20-14-5-12-4-13(7-14)8-15(20)6-12/h2-3,9-10,12-15,19-20,23-24H,4-8H2,1H3,(H,25,26). The number of rotatable bonds is 3. The van der Waals surface area contributed by atoms with E-state index in [0.29, 0.717) is 23.6 Å². The van der Waals surface area contributed by atoms with Crippen LogP contribution in [0.4, 0.5) is 4.39 Å². The van der Waals surface area contributed by atoms with E-state index in [2.05, 4.69) is 15.6 Å². The molecule has 2 heterocycles. The second-order valence-corrected chi connectivity index (χ2v) is 8.68. The van der Waals surface area contributed by atoms with Gasteiger partial charge < -0.3 is 15.6 Å². The minimum Gasteiger partial charge on any atom is -0.357 e. The first-order chi connectivity index (χ1) is 12.6. The maximum absolute atomic E-state index is 13.4. The van der Waals surface area contributed by atoms with Crippen molar-refractivity contribution in [2.24, 2.45) is 23.7 Å². The van der Waals surface area contributed by atoms with Crippen molar-refractivity contribution >= 4 is 11.5 Å². The Hall–Kier alpha value is -2.04. The highest BCUT2D eigenvalue weighted by atomic mass is 19.1. The van der Waals surface area contributed by atoms with Gasteiger partial charge in [0.05, 0.1) is 0 Å². The zero-order valence-electron chi connectivity index (χ0n) is 15.1. The van der Waals surface area contributed by atoms with Gasteiger partial charge in [-0.3, -0.25) is 4.79 Å². The monoisotopic (exact) mass is 355 g/mol. The zero-order valence-corrected chi connectivity index (χ0v) is 15.1. The number of allylic oxidation sites excluding steroid dienone is 3. The molecule has 1 amide bonds. The second-order valence-electron chi connectivity index (χ2n) is 8.68. The quantitative estimate of drug-likeness (QED) is 0.723. The first-order valence-electron chi connectivity index (χ1n) is 9.86. The molecule has 0 radical (unpaired) electrons. The highest BCUT2D eigenvalue weighted by Crippen LogP contribution is 2.53. The average molecular weight is 355 g/mol. The van der Waals surface area contributed by atoms with Crippen LogP contribution >= 0.6 is 0 Å². The van der Waals surface area contributed by atoms with E-state index >= 15 is 0 Å². The van der Waals surface area contributed by atoms with Crippen LogP contribution in [-0.2, 0) is 0 Å². The Bertz CT molecular complexity index is 765. The molecule has 1 aromatic rings. The van der Waals surface area contributed by atoms with Gasteiger partial charge in [0.2, 0.25) is 0 Å². The van der Waals surface area contributed by atoms with Crippen LogP contribution in [0.1, 0.15) is 55.1 Å². The van der Waals surface area contributed by atoms with Gasteiger partial charge in [-0.2, -0.15) is 0 Å². The normalized spacial score (nSPS) is 37.8. The molecule has 4 bridgehead atoms. The number of carbonyl (C=O) groups is 1. The topological polar surface area (TPSA) is 56.9 Å². The number of hydrogen-bond acceptors (Lipinski definition) is 2. The lowest BCUT2D eigenvalue weighted by atomic mass is 9.54. The number of aromatic nitrogens is 1. The van der Waals surface area contributed by atoms with Gasteiger partial charge in [-0.25, -0.2) is 4.39 Å². The van der Waals surface area contributed by atoms with E-state index in [9.17, 15) is 9.18 Å². The molecule has 26 heavy (non-hydrogen) atoms. The van der Waals surface area contributed by atoms with Gasteiger partial charge >= 0.3 is 0 Å². The smallest absolute Gasteiger partial charge is 0.267 e. The number of amides is 1. The molecular formula is C21H26FN3O. The summed E-state index contributed by atoms with van der Waals surface area (Å²) in [7, 11) is 0. The van der Waals surface area contributed by atoms with E-state index in [-0.39, 0.29) is 5.91 Å². The van der Waals surface area contributed by atoms with Gasteiger partial charge in [-0.05, 0) is 74.8 Å². The van der Waals surface area contributed by atoms with E-state index in [0.717, 1.165) is 28.7 Å². The summed E-state index contributed by atoms with van der Waals surface area (Å²) >= 11 is 0. The predicted octanol–water partition coefficient (Wildman–Crippen LogP) is 3.76. The fourth-order valence-corrected chi connectivity index (χ4v) is 6.02. The summed E-state index contributed by atoms with van der Waals surface area (Å²) in [4.78, 5) is 15.9. The highest BCUT2D eigenvalue weighted by molar-refractivity contribution is 5.94. The minimum atomic E-state index is -1.14. The zero-order chi connectivity index (χ0) is 17.8. The van der Waals surface area contributed by atoms with E-state index in [1.165, 1.54) is 38.2 Å². The van der Waals surface area contributed by atoms with E-state index in [1.54, 1.807) is 6.08 Å². The van der Waals surface area contributed by atoms with Crippen molar-refractivity contribution in [1.82, 2.24) is 15.6 Å². The van der Waals surface area contributed by atoms with Crippen LogP contribution in [0.5, 0.6) is 0 Å². The van der Waals surface area contributed by atoms with Gasteiger partial charge in [0, 0.05) is 29.1 Å². The lowest BCUT2D eigenvalue weighted by Crippen LogP contribution is -2.55. The third-order valence-electron chi connectivity index (χ3n) is 6.95. The molecule has 4 saturated carbocycles. The Labute approximate surface area is 153 Å². The van der Waals surface area contributed by atoms with Crippen molar-refractivity contribution in [3.8, 4) is 0 Å². The second kappa shape index (κ2) is 6.00. The maximum atomic E-state index is 13.4. The Morgan fingerprint density at radius 3 is 2.50 bits per heavy atom. The van der Waals surface area contributed by atoms with Crippen molar-refractivity contribution in [1.29, 1.82) is 0 Å². The molecule has 5 aliphatic rings. The molecule has 4 aliphatic carbocycles. The Kier molecular flexibility index (Phi) is 3.73. The van der Waals surface area contributed by atoms with E-state index in [4.69, 9.17) is 0 Å². The molecule has 6 rings (SSSR count). The lowest BCUT2D eigenvalue weighted by Gasteiger charge is -2.54. The molecule has 0 saturated heterocycles. The number of hydrogen-bond donors (Lipinski definition) is 3. The fourth-order valence-electron chi connectivity index (χ4n) is 6.02. The molecule has 0 spiro atoms. The summed E-state index contributed by atoms with van der Waals surface area (Å²) in [5.74, 6) is 3.14. The van der Waals surface area contributed by atoms with Crippen LogP contribution in [0, 0.1) is 23.7 Å². The Balaban J connectivity index is 1.31. The molecule has 5 heteroatoms. The van der Waals surface area contributed by atoms with E-state index in [1.807, 2.05) is 19.2 Å². The van der Waals surface area contributed by atoms with Crippen molar-refractivity contribution in [3.63, 3.8) is 0 Å². The molecule has 1 aromatic heterocycles. The molecule has 0 aromatic carbocycles. The van der Waals surface area contributed by atoms with Crippen LogP contribution in [0.2, 0.25) is 0 Å². The summed E-state index contributed by atoms with van der Waals surface area (Å²) < 4.78 is 13.4. The SMILES string of the molecule is CC1=C(c2c[nH]c(C(=O)NC3C4CC5CC(C4)CC3C5)c2)C=CC(F)N1. The number of nitrogens with one attached hydrogen (secondary N) is 3. The van der Waals surface area contributed by atoms with Gasteiger partial charge in [-0.15, -0.1) is 0 Å². The van der Waals surface area contributed by atoms with Crippen molar-refractivity contribution in [2.45, 2.75) is 51.4 Å². The Morgan fingerprint density at radius 1 is 1.15 bits per heavy atom. The summed E-state index contributed by atoms with van der Waals surface area (Å²) in [5.41, 5.74) is 3.20. The third kappa shape index (κ3) is 2.68. The molecule has 1 atom stereocenters. The van der Waals surface area contributed by atoms with Gasteiger partial charge in [0.15, 0.2) is 6.30 Å². The maximum Gasteiger partial charge on any atom is 0.267 e. The predicted molar refractivity (Wildman–Crippen MR) is 98.9 cm³/mol.